The Kier molecular flexibility index (Phi) is 2.28. The van der Waals surface area contributed by atoms with Gasteiger partial charge in [0.25, 0.3) is 0 Å². The number of hydrogen-bond donors (Lipinski definition) is 1. The largest absolute Gasteiger partial charge is 0.473 e. The van der Waals surface area contributed by atoms with E-state index in [-0.39, 0.29) is 5.79 Å². The molecule has 0 saturated carbocycles. The molecule has 0 atom stereocenters. The summed E-state index contributed by atoms with van der Waals surface area (Å²) in [5.41, 5.74) is 0. The highest BCUT2D eigenvalue weighted by Crippen LogP contribution is 2.15. The summed E-state index contributed by atoms with van der Waals surface area (Å²) in [6.07, 6.45) is 0. The molecule has 3 nitrogen and oxygen atoms in total. The van der Waals surface area contributed by atoms with Gasteiger partial charge < -0.3 is 14.8 Å². The summed E-state index contributed by atoms with van der Waals surface area (Å²) in [5.74, 6) is -0.389. The van der Waals surface area contributed by atoms with E-state index in [1.54, 1.807) is 0 Å². The van der Waals surface area contributed by atoms with Crippen LogP contribution in [0.1, 0.15) is 13.8 Å². The molecule has 0 aliphatic carbocycles. The maximum atomic E-state index is 5.38. The van der Waals surface area contributed by atoms with Crippen molar-refractivity contribution in [1.29, 1.82) is 0 Å². The van der Waals surface area contributed by atoms with Crippen molar-refractivity contribution < 1.29 is 14.8 Å². The first kappa shape index (κ1) is 7.98. The Bertz CT molecular complexity index is 104. The topological polar surface area (TPSA) is 35.1 Å². The molecule has 1 fully saturated rings. The lowest BCUT2D eigenvalue weighted by Gasteiger charge is -2.34. The summed E-state index contributed by atoms with van der Waals surface area (Å²) in [4.78, 5) is 0. The zero-order chi connectivity index (χ0) is 7.61. The van der Waals surface area contributed by atoms with E-state index < -0.39 is 0 Å². The SMILES string of the molecule is [CH2-][NH2+]C1COC(C)(C)OC1. The second kappa shape index (κ2) is 2.86. The van der Waals surface area contributed by atoms with E-state index in [4.69, 9.17) is 9.47 Å². The molecular formula is C7H15NO2. The van der Waals surface area contributed by atoms with Gasteiger partial charge in [0.15, 0.2) is 5.79 Å². The lowest BCUT2D eigenvalue weighted by molar-refractivity contribution is -0.649. The second-order valence-corrected chi connectivity index (χ2v) is 3.02. The van der Waals surface area contributed by atoms with Crippen LogP contribution in [-0.4, -0.2) is 25.0 Å². The molecule has 0 aromatic heterocycles. The molecule has 1 aliphatic heterocycles. The Hall–Kier alpha value is -0.120. The highest BCUT2D eigenvalue weighted by atomic mass is 16.7. The van der Waals surface area contributed by atoms with Crippen molar-refractivity contribution in [3.8, 4) is 0 Å². The van der Waals surface area contributed by atoms with Gasteiger partial charge >= 0.3 is 0 Å². The first-order valence-electron chi connectivity index (χ1n) is 3.54. The van der Waals surface area contributed by atoms with Gasteiger partial charge in [0.05, 0.1) is 0 Å². The zero-order valence-electron chi connectivity index (χ0n) is 6.59. The first-order chi connectivity index (χ1) is 4.64. The molecule has 1 heterocycles. The number of rotatable bonds is 1. The van der Waals surface area contributed by atoms with Crippen LogP contribution in [0.2, 0.25) is 0 Å². The monoisotopic (exact) mass is 145 g/mol. The maximum Gasteiger partial charge on any atom is 0.163 e. The molecule has 3 heteroatoms. The van der Waals surface area contributed by atoms with Gasteiger partial charge in [-0.15, -0.1) is 0 Å². The first-order valence-corrected chi connectivity index (χ1v) is 3.54. The van der Waals surface area contributed by atoms with Gasteiger partial charge in [-0.05, 0) is 13.8 Å². The normalized spacial score (nSPS) is 26.7. The van der Waals surface area contributed by atoms with Gasteiger partial charge in [0.1, 0.15) is 19.3 Å². The van der Waals surface area contributed by atoms with Crippen molar-refractivity contribution in [2.45, 2.75) is 25.7 Å². The lowest BCUT2D eigenvalue weighted by Crippen LogP contribution is -2.87. The molecule has 0 amide bonds. The summed E-state index contributed by atoms with van der Waals surface area (Å²) in [6, 6.07) is 0.369. The fourth-order valence-corrected chi connectivity index (χ4v) is 0.841. The van der Waals surface area contributed by atoms with Crippen LogP contribution in [0.4, 0.5) is 0 Å². The highest BCUT2D eigenvalue weighted by molar-refractivity contribution is 4.64. The van der Waals surface area contributed by atoms with Crippen molar-refractivity contribution in [2.75, 3.05) is 13.2 Å². The van der Waals surface area contributed by atoms with Gasteiger partial charge in [0, 0.05) is 0 Å². The molecule has 1 saturated heterocycles. The molecule has 10 heavy (non-hydrogen) atoms. The minimum absolute atomic E-state index is 0.369. The molecule has 0 unspecified atom stereocenters. The summed E-state index contributed by atoms with van der Waals surface area (Å²) in [5, 5.41) is 1.87. The molecule has 0 spiro atoms. The Morgan fingerprint density at radius 3 is 2.30 bits per heavy atom. The average Bonchev–Trinajstić information content (AvgIpc) is 1.88. The van der Waals surface area contributed by atoms with E-state index in [2.05, 4.69) is 7.05 Å². The van der Waals surface area contributed by atoms with E-state index in [9.17, 15) is 0 Å². The Balaban J connectivity index is 2.31. The molecule has 2 N–H and O–H groups in total. The Morgan fingerprint density at radius 1 is 1.40 bits per heavy atom. The zero-order valence-corrected chi connectivity index (χ0v) is 6.59. The van der Waals surface area contributed by atoms with Gasteiger partial charge in [0.2, 0.25) is 0 Å². The van der Waals surface area contributed by atoms with E-state index in [1.165, 1.54) is 0 Å². The van der Waals surface area contributed by atoms with E-state index in [0.717, 1.165) is 13.2 Å². The maximum absolute atomic E-state index is 5.38. The number of hydrogen-bond acceptors (Lipinski definition) is 2. The van der Waals surface area contributed by atoms with E-state index in [0.29, 0.717) is 6.04 Å². The van der Waals surface area contributed by atoms with Crippen LogP contribution in [0.3, 0.4) is 0 Å². The smallest absolute Gasteiger partial charge is 0.163 e. The van der Waals surface area contributed by atoms with Crippen LogP contribution in [0.15, 0.2) is 0 Å². The summed E-state index contributed by atoms with van der Waals surface area (Å²) in [7, 11) is 3.67. The number of quaternary nitrogens is 1. The van der Waals surface area contributed by atoms with Crippen molar-refractivity contribution in [1.82, 2.24) is 0 Å². The third kappa shape index (κ3) is 1.94. The fourth-order valence-electron chi connectivity index (χ4n) is 0.841. The van der Waals surface area contributed by atoms with Gasteiger partial charge in [-0.3, -0.25) is 0 Å². The van der Waals surface area contributed by atoms with E-state index >= 15 is 0 Å². The van der Waals surface area contributed by atoms with Gasteiger partial charge in [-0.1, -0.05) is 0 Å². The van der Waals surface area contributed by atoms with Gasteiger partial charge in [-0.25, -0.2) is 0 Å². The number of ether oxygens (including phenoxy) is 2. The highest BCUT2D eigenvalue weighted by Gasteiger charge is 2.28. The van der Waals surface area contributed by atoms with Crippen LogP contribution in [0.5, 0.6) is 0 Å². The summed E-state index contributed by atoms with van der Waals surface area (Å²) in [6.45, 7) is 5.31. The minimum Gasteiger partial charge on any atom is -0.473 e. The second-order valence-electron chi connectivity index (χ2n) is 3.02. The summed E-state index contributed by atoms with van der Waals surface area (Å²) < 4.78 is 10.8. The molecule has 0 aromatic carbocycles. The molecule has 60 valence electrons. The molecule has 1 rings (SSSR count). The van der Waals surface area contributed by atoms with Crippen LogP contribution in [0, 0.1) is 7.05 Å². The fraction of sp³-hybridized carbons (Fsp3) is 0.857. The molecule has 0 bridgehead atoms. The van der Waals surface area contributed by atoms with Crippen LogP contribution >= 0.6 is 0 Å². The van der Waals surface area contributed by atoms with Crippen molar-refractivity contribution >= 4 is 0 Å². The Morgan fingerprint density at radius 2 is 1.90 bits per heavy atom. The molecule has 0 radical (unpaired) electrons. The third-order valence-corrected chi connectivity index (χ3v) is 1.62. The average molecular weight is 145 g/mol. The molecule has 1 aliphatic rings. The Labute approximate surface area is 61.7 Å². The summed E-state index contributed by atoms with van der Waals surface area (Å²) >= 11 is 0. The standard InChI is InChI=1S/C7H15NO2/c1-7(2)9-4-6(8-3)5-10-7/h6H,3-5,8H2,1-2H3. The van der Waals surface area contributed by atoms with Crippen molar-refractivity contribution in [2.24, 2.45) is 0 Å². The lowest BCUT2D eigenvalue weighted by atomic mass is 10.2. The predicted molar refractivity (Wildman–Crippen MR) is 37.1 cm³/mol. The quantitative estimate of drug-likeness (QED) is 0.504. The van der Waals surface area contributed by atoms with E-state index in [1.807, 2.05) is 19.2 Å². The molecule has 0 aromatic rings. The predicted octanol–water partition coefficient (Wildman–Crippen LogP) is -0.507. The third-order valence-electron chi connectivity index (χ3n) is 1.62. The number of nitrogens with two attached hydrogens (primary N) is 1. The van der Waals surface area contributed by atoms with Gasteiger partial charge in [-0.2, -0.15) is 7.05 Å². The van der Waals surface area contributed by atoms with Crippen LogP contribution in [-0.2, 0) is 9.47 Å². The molecular weight excluding hydrogens is 130 g/mol. The van der Waals surface area contributed by atoms with Crippen LogP contribution < -0.4 is 5.32 Å². The van der Waals surface area contributed by atoms with Crippen molar-refractivity contribution in [3.05, 3.63) is 7.05 Å². The van der Waals surface area contributed by atoms with Crippen LogP contribution in [0.25, 0.3) is 0 Å². The van der Waals surface area contributed by atoms with Crippen molar-refractivity contribution in [3.63, 3.8) is 0 Å². The minimum atomic E-state index is -0.389.